The van der Waals surface area contributed by atoms with Gasteiger partial charge in [-0.05, 0) is 56.5 Å². The molecule has 1 aliphatic carbocycles. The van der Waals surface area contributed by atoms with Crippen molar-refractivity contribution in [2.24, 2.45) is 17.8 Å². The molecule has 0 aromatic carbocycles. The fourth-order valence-electron chi connectivity index (χ4n) is 2.67. The van der Waals surface area contributed by atoms with Crippen LogP contribution in [0.4, 0.5) is 0 Å². The average Bonchev–Trinajstić information content (AvgIpc) is 2.01. The Hall–Kier alpha value is -0.0400. The molecule has 0 unspecified atom stereocenters. The quantitative estimate of drug-likeness (QED) is 0.608. The molecule has 1 heterocycles. The minimum atomic E-state index is 1.04. The molecule has 0 radical (unpaired) electrons. The van der Waals surface area contributed by atoms with Gasteiger partial charge in [-0.15, -0.1) is 0 Å². The number of hydrogen-bond acceptors (Lipinski definition) is 1. The second-order valence-electron chi connectivity index (χ2n) is 4.42. The Balaban J connectivity index is 1.76. The third kappa shape index (κ3) is 1.58. The third-order valence-corrected chi connectivity index (χ3v) is 3.46. The van der Waals surface area contributed by atoms with Gasteiger partial charge in [-0.25, -0.2) is 0 Å². The molecule has 0 atom stereocenters. The molecule has 0 spiro atoms. The van der Waals surface area contributed by atoms with E-state index in [4.69, 9.17) is 0 Å². The van der Waals surface area contributed by atoms with Crippen molar-refractivity contribution in [3.05, 3.63) is 0 Å². The summed E-state index contributed by atoms with van der Waals surface area (Å²) in [5.74, 6) is 3.22. The summed E-state index contributed by atoms with van der Waals surface area (Å²) in [5, 5.41) is 3.43. The lowest BCUT2D eigenvalue weighted by molar-refractivity contribution is 0.113. The molecule has 1 saturated heterocycles. The van der Waals surface area contributed by atoms with Crippen LogP contribution in [0, 0.1) is 17.8 Å². The highest BCUT2D eigenvalue weighted by Gasteiger charge is 2.32. The van der Waals surface area contributed by atoms with Gasteiger partial charge >= 0.3 is 0 Å². The van der Waals surface area contributed by atoms with Crippen LogP contribution in [0.2, 0.25) is 0 Å². The number of nitrogens with one attached hydrogen (secondary N) is 1. The van der Waals surface area contributed by atoms with Crippen LogP contribution in [0.1, 0.15) is 32.6 Å². The van der Waals surface area contributed by atoms with E-state index in [0.29, 0.717) is 0 Å². The minimum absolute atomic E-state index is 1.04. The number of hydrogen-bond donors (Lipinski definition) is 1. The van der Waals surface area contributed by atoms with E-state index in [-0.39, 0.29) is 0 Å². The summed E-state index contributed by atoms with van der Waals surface area (Å²) >= 11 is 0. The minimum Gasteiger partial charge on any atom is -0.317 e. The summed E-state index contributed by atoms with van der Waals surface area (Å²) in [6.07, 6.45) is 5.92. The van der Waals surface area contributed by atoms with Crippen molar-refractivity contribution in [2.45, 2.75) is 32.6 Å². The molecule has 1 heteroatoms. The van der Waals surface area contributed by atoms with E-state index in [1.54, 1.807) is 0 Å². The number of piperidine rings is 1. The SMILES string of the molecule is CC1CC(C2CCNCC2)C1. The molecule has 2 aliphatic rings. The molecule has 1 aliphatic heterocycles. The topological polar surface area (TPSA) is 12.0 Å². The summed E-state index contributed by atoms with van der Waals surface area (Å²) in [4.78, 5) is 0. The van der Waals surface area contributed by atoms with E-state index in [0.717, 1.165) is 17.8 Å². The molecule has 1 nitrogen and oxygen atoms in total. The Morgan fingerprint density at radius 1 is 1.00 bits per heavy atom. The van der Waals surface area contributed by atoms with Crippen molar-refractivity contribution in [1.82, 2.24) is 5.32 Å². The van der Waals surface area contributed by atoms with Gasteiger partial charge in [-0.1, -0.05) is 6.92 Å². The van der Waals surface area contributed by atoms with Crippen LogP contribution in [0.15, 0.2) is 0 Å². The third-order valence-electron chi connectivity index (χ3n) is 3.46. The Kier molecular flexibility index (Phi) is 2.17. The Morgan fingerprint density at radius 2 is 1.64 bits per heavy atom. The van der Waals surface area contributed by atoms with Crippen molar-refractivity contribution in [2.75, 3.05) is 13.1 Å². The first-order chi connectivity index (χ1) is 5.36. The molecular weight excluding hydrogens is 134 g/mol. The van der Waals surface area contributed by atoms with E-state index in [1.807, 2.05) is 0 Å². The molecule has 0 aromatic rings. The molecule has 1 N–H and O–H groups in total. The smallest absolute Gasteiger partial charge is 0.00462 e. The van der Waals surface area contributed by atoms with Crippen molar-refractivity contribution < 1.29 is 0 Å². The highest BCUT2D eigenvalue weighted by atomic mass is 14.9. The van der Waals surface area contributed by atoms with Crippen molar-refractivity contribution in [3.8, 4) is 0 Å². The van der Waals surface area contributed by atoms with Gasteiger partial charge in [0.2, 0.25) is 0 Å². The summed E-state index contributed by atoms with van der Waals surface area (Å²) in [5.41, 5.74) is 0. The van der Waals surface area contributed by atoms with Crippen LogP contribution in [0.25, 0.3) is 0 Å². The van der Waals surface area contributed by atoms with Gasteiger partial charge < -0.3 is 5.32 Å². The van der Waals surface area contributed by atoms with E-state index < -0.39 is 0 Å². The fourth-order valence-corrected chi connectivity index (χ4v) is 2.67. The molecule has 0 amide bonds. The fraction of sp³-hybridized carbons (Fsp3) is 1.00. The van der Waals surface area contributed by atoms with Gasteiger partial charge in [0.05, 0.1) is 0 Å². The van der Waals surface area contributed by atoms with E-state index in [9.17, 15) is 0 Å². The summed E-state index contributed by atoms with van der Waals surface area (Å²) in [6, 6.07) is 0. The van der Waals surface area contributed by atoms with Crippen molar-refractivity contribution in [1.29, 1.82) is 0 Å². The van der Waals surface area contributed by atoms with Gasteiger partial charge in [0.1, 0.15) is 0 Å². The molecular formula is C10H19N. The zero-order valence-electron chi connectivity index (χ0n) is 7.47. The van der Waals surface area contributed by atoms with Gasteiger partial charge in [-0.2, -0.15) is 0 Å². The first-order valence-electron chi connectivity index (χ1n) is 5.07. The average molecular weight is 153 g/mol. The van der Waals surface area contributed by atoms with E-state index in [1.165, 1.54) is 38.8 Å². The maximum Gasteiger partial charge on any atom is -0.00462 e. The van der Waals surface area contributed by atoms with Crippen LogP contribution in [-0.4, -0.2) is 13.1 Å². The van der Waals surface area contributed by atoms with Gasteiger partial charge in [-0.3, -0.25) is 0 Å². The van der Waals surface area contributed by atoms with Crippen LogP contribution >= 0.6 is 0 Å². The van der Waals surface area contributed by atoms with Crippen molar-refractivity contribution in [3.63, 3.8) is 0 Å². The molecule has 64 valence electrons. The lowest BCUT2D eigenvalue weighted by Crippen LogP contribution is -2.36. The largest absolute Gasteiger partial charge is 0.317 e. The lowest BCUT2D eigenvalue weighted by atomic mass is 9.67. The van der Waals surface area contributed by atoms with Gasteiger partial charge in [0.15, 0.2) is 0 Å². The molecule has 2 rings (SSSR count). The Labute approximate surface area is 69.6 Å². The van der Waals surface area contributed by atoms with Crippen molar-refractivity contribution >= 4 is 0 Å². The molecule has 11 heavy (non-hydrogen) atoms. The number of rotatable bonds is 1. The van der Waals surface area contributed by atoms with Crippen LogP contribution in [0.5, 0.6) is 0 Å². The zero-order valence-corrected chi connectivity index (χ0v) is 7.47. The summed E-state index contributed by atoms with van der Waals surface area (Å²) < 4.78 is 0. The van der Waals surface area contributed by atoms with Gasteiger partial charge in [0, 0.05) is 0 Å². The molecule has 2 fully saturated rings. The Bertz CT molecular complexity index is 121. The maximum absolute atomic E-state index is 3.43. The van der Waals surface area contributed by atoms with E-state index >= 15 is 0 Å². The van der Waals surface area contributed by atoms with Gasteiger partial charge in [0.25, 0.3) is 0 Å². The first-order valence-corrected chi connectivity index (χ1v) is 5.07. The second kappa shape index (κ2) is 3.14. The lowest BCUT2D eigenvalue weighted by Gasteiger charge is -2.40. The summed E-state index contributed by atoms with van der Waals surface area (Å²) in [6.45, 7) is 4.93. The Morgan fingerprint density at radius 3 is 2.18 bits per heavy atom. The zero-order chi connectivity index (χ0) is 7.68. The highest BCUT2D eigenvalue weighted by Crippen LogP contribution is 2.41. The normalized spacial score (nSPS) is 40.1. The van der Waals surface area contributed by atoms with Crippen LogP contribution in [-0.2, 0) is 0 Å². The second-order valence-corrected chi connectivity index (χ2v) is 4.42. The molecule has 0 aromatic heterocycles. The maximum atomic E-state index is 3.43. The molecule has 1 saturated carbocycles. The van der Waals surface area contributed by atoms with Crippen LogP contribution in [0.3, 0.4) is 0 Å². The predicted molar refractivity (Wildman–Crippen MR) is 47.5 cm³/mol. The first kappa shape index (κ1) is 7.60. The monoisotopic (exact) mass is 153 g/mol. The van der Waals surface area contributed by atoms with E-state index in [2.05, 4.69) is 12.2 Å². The van der Waals surface area contributed by atoms with Crippen LogP contribution < -0.4 is 5.32 Å². The highest BCUT2D eigenvalue weighted by molar-refractivity contribution is 4.84. The summed E-state index contributed by atoms with van der Waals surface area (Å²) in [7, 11) is 0. The predicted octanol–water partition coefficient (Wildman–Crippen LogP) is 2.03. The molecule has 0 bridgehead atoms. The standard InChI is InChI=1S/C10H19N/c1-8-6-10(7-8)9-2-4-11-5-3-9/h8-11H,2-7H2,1H3.